The van der Waals surface area contributed by atoms with Crippen molar-refractivity contribution in [2.75, 3.05) is 30.9 Å². The van der Waals surface area contributed by atoms with Gasteiger partial charge in [0.1, 0.15) is 5.75 Å². The van der Waals surface area contributed by atoms with E-state index in [9.17, 15) is 14.5 Å². The van der Waals surface area contributed by atoms with Gasteiger partial charge in [0.15, 0.2) is 11.6 Å². The lowest BCUT2D eigenvalue weighted by Crippen LogP contribution is -2.55. The Balaban J connectivity index is 1.47. The van der Waals surface area contributed by atoms with Gasteiger partial charge in [0, 0.05) is 41.8 Å². The zero-order valence-electron chi connectivity index (χ0n) is 19.7. The van der Waals surface area contributed by atoms with E-state index in [-0.39, 0.29) is 15.7 Å². The smallest absolute Gasteiger partial charge is 0.324 e. The molecule has 3 N–H and O–H groups in total. The Morgan fingerprint density at radius 1 is 1.26 bits per heavy atom. The number of nitrogens with zero attached hydrogens (tertiary/aromatic N) is 4. The number of ether oxygens (including phenoxy) is 1. The van der Waals surface area contributed by atoms with Gasteiger partial charge in [-0.3, -0.25) is 15.5 Å². The molecule has 0 bridgehead atoms. The normalized spacial score (nSPS) is 18.3. The third-order valence-corrected chi connectivity index (χ3v) is 6.67. The molecule has 3 heterocycles. The molecule has 186 valence electrons. The van der Waals surface area contributed by atoms with Gasteiger partial charge in [0.05, 0.1) is 18.2 Å². The van der Waals surface area contributed by atoms with Gasteiger partial charge < -0.3 is 15.4 Å². The molecular formula is C23H28FN7O3S. The summed E-state index contributed by atoms with van der Waals surface area (Å²) in [4.78, 5) is 19.9. The molecule has 0 spiro atoms. The monoisotopic (exact) mass is 501 g/mol. The second-order valence-electron chi connectivity index (χ2n) is 8.52. The standard InChI is InChI=1S/C23H28FN7O3S/c1-14-12-30(13-15(2)26-14)29-23-25-11-19(24)22(28-23)27-17-5-8-20(34-3)16(10-17)4-6-18-7-9-21(35-18)31(32)33/h5,7-11,14-15,26H,4,6,12-13H2,1-3H3,(H2,25,27,28,29)/t14-,15+. The molecule has 4 rings (SSSR count). The third kappa shape index (κ3) is 6.41. The highest BCUT2D eigenvalue weighted by Crippen LogP contribution is 2.29. The Morgan fingerprint density at radius 2 is 2.03 bits per heavy atom. The highest BCUT2D eigenvalue weighted by Gasteiger charge is 2.22. The number of hydrazine groups is 1. The lowest BCUT2D eigenvalue weighted by atomic mass is 10.1. The number of hydrogen-bond acceptors (Lipinski definition) is 10. The average molecular weight is 502 g/mol. The number of halogens is 1. The molecular weight excluding hydrogens is 473 g/mol. The Kier molecular flexibility index (Phi) is 7.73. The number of nitro groups is 1. The predicted octanol–water partition coefficient (Wildman–Crippen LogP) is 4.13. The third-order valence-electron chi connectivity index (χ3n) is 5.57. The summed E-state index contributed by atoms with van der Waals surface area (Å²) in [5, 5.41) is 19.6. The Labute approximate surface area is 206 Å². The first kappa shape index (κ1) is 24.8. The van der Waals surface area contributed by atoms with Gasteiger partial charge in [-0.15, -0.1) is 0 Å². The van der Waals surface area contributed by atoms with E-state index in [0.717, 1.165) is 41.1 Å². The van der Waals surface area contributed by atoms with Crippen LogP contribution in [0.2, 0.25) is 0 Å². The molecule has 0 aliphatic carbocycles. The van der Waals surface area contributed by atoms with E-state index in [1.165, 1.54) is 6.07 Å². The van der Waals surface area contributed by atoms with Crippen molar-refractivity contribution in [2.24, 2.45) is 0 Å². The van der Waals surface area contributed by atoms with Crippen LogP contribution < -0.4 is 20.8 Å². The lowest BCUT2D eigenvalue weighted by Gasteiger charge is -2.35. The largest absolute Gasteiger partial charge is 0.496 e. The molecule has 1 aliphatic rings. The van der Waals surface area contributed by atoms with Gasteiger partial charge in [-0.05, 0) is 56.5 Å². The number of methoxy groups -OCH3 is 1. The van der Waals surface area contributed by atoms with Crippen molar-refractivity contribution in [3.63, 3.8) is 0 Å². The maximum Gasteiger partial charge on any atom is 0.324 e. The zero-order valence-corrected chi connectivity index (χ0v) is 20.6. The molecule has 1 aliphatic heterocycles. The van der Waals surface area contributed by atoms with E-state index in [4.69, 9.17) is 4.74 Å². The minimum Gasteiger partial charge on any atom is -0.496 e. The molecule has 12 heteroatoms. The summed E-state index contributed by atoms with van der Waals surface area (Å²) in [5.74, 6) is 0.488. The second-order valence-corrected chi connectivity index (χ2v) is 9.67. The maximum absolute atomic E-state index is 14.5. The molecule has 0 radical (unpaired) electrons. The van der Waals surface area contributed by atoms with Gasteiger partial charge in [-0.25, -0.2) is 14.4 Å². The van der Waals surface area contributed by atoms with Crippen LogP contribution in [0.4, 0.5) is 26.8 Å². The van der Waals surface area contributed by atoms with E-state index in [2.05, 4.69) is 39.9 Å². The predicted molar refractivity (Wildman–Crippen MR) is 134 cm³/mol. The van der Waals surface area contributed by atoms with Gasteiger partial charge in [0.2, 0.25) is 5.95 Å². The van der Waals surface area contributed by atoms with Gasteiger partial charge >= 0.3 is 5.00 Å². The van der Waals surface area contributed by atoms with Gasteiger partial charge in [0.25, 0.3) is 0 Å². The summed E-state index contributed by atoms with van der Waals surface area (Å²) in [7, 11) is 1.59. The Hall–Kier alpha value is -3.35. The lowest BCUT2D eigenvalue weighted by molar-refractivity contribution is -0.380. The Bertz CT molecular complexity index is 1180. The first-order valence-corrected chi connectivity index (χ1v) is 12.1. The Morgan fingerprint density at radius 3 is 2.71 bits per heavy atom. The number of aryl methyl sites for hydroxylation is 2. The van der Waals surface area contributed by atoms with Gasteiger partial charge in [-0.1, -0.05) is 11.3 Å². The quantitative estimate of drug-likeness (QED) is 0.294. The SMILES string of the molecule is COc1ccc(Nc2nc(NN3C[C@@H](C)N[C@@H](C)C3)ncc2F)cc1CCc1ccc([N+](=O)[O-])s1. The topological polar surface area (TPSA) is 117 Å². The molecule has 2 aromatic heterocycles. The molecule has 35 heavy (non-hydrogen) atoms. The fraction of sp³-hybridized carbons (Fsp3) is 0.391. The van der Waals surface area contributed by atoms with Crippen molar-refractivity contribution in [1.82, 2.24) is 20.3 Å². The van der Waals surface area contributed by atoms with E-state index >= 15 is 0 Å². The maximum atomic E-state index is 14.5. The molecule has 2 atom stereocenters. The average Bonchev–Trinajstić information content (AvgIpc) is 3.29. The first-order valence-electron chi connectivity index (χ1n) is 11.3. The summed E-state index contributed by atoms with van der Waals surface area (Å²) < 4.78 is 20.0. The van der Waals surface area contributed by atoms with Crippen molar-refractivity contribution in [3.8, 4) is 5.75 Å². The molecule has 0 unspecified atom stereocenters. The number of benzene rings is 1. The van der Waals surface area contributed by atoms with Crippen LogP contribution in [0.5, 0.6) is 5.75 Å². The number of piperazine rings is 1. The van der Waals surface area contributed by atoms with Crippen LogP contribution in [-0.2, 0) is 12.8 Å². The van der Waals surface area contributed by atoms with Crippen LogP contribution in [0.3, 0.4) is 0 Å². The number of hydrogen-bond donors (Lipinski definition) is 3. The summed E-state index contributed by atoms with van der Waals surface area (Å²) in [6.45, 7) is 5.74. The van der Waals surface area contributed by atoms with Crippen LogP contribution in [0, 0.1) is 15.9 Å². The van der Waals surface area contributed by atoms with E-state index in [1.807, 2.05) is 11.1 Å². The summed E-state index contributed by atoms with van der Waals surface area (Å²) in [5.41, 5.74) is 4.71. The number of thiophene rings is 1. The summed E-state index contributed by atoms with van der Waals surface area (Å²) in [6, 6.07) is 9.35. The number of rotatable bonds is 9. The highest BCUT2D eigenvalue weighted by atomic mass is 32.1. The number of nitrogens with one attached hydrogen (secondary N) is 3. The van der Waals surface area contributed by atoms with Crippen LogP contribution in [0.1, 0.15) is 24.3 Å². The van der Waals surface area contributed by atoms with Crippen LogP contribution >= 0.6 is 11.3 Å². The van der Waals surface area contributed by atoms with Crippen molar-refractivity contribution in [2.45, 2.75) is 38.8 Å². The molecule has 1 aromatic carbocycles. The van der Waals surface area contributed by atoms with Crippen molar-refractivity contribution >= 4 is 33.8 Å². The van der Waals surface area contributed by atoms with Crippen LogP contribution in [0.25, 0.3) is 0 Å². The summed E-state index contributed by atoms with van der Waals surface area (Å²) >= 11 is 1.16. The van der Waals surface area contributed by atoms with Crippen LogP contribution in [-0.4, -0.2) is 52.2 Å². The molecule has 1 saturated heterocycles. The second kappa shape index (κ2) is 10.9. The zero-order chi connectivity index (χ0) is 24.9. The molecule has 0 amide bonds. The molecule has 1 fully saturated rings. The first-order chi connectivity index (χ1) is 16.8. The minimum atomic E-state index is -0.569. The molecule has 0 saturated carbocycles. The fourth-order valence-electron chi connectivity index (χ4n) is 4.11. The summed E-state index contributed by atoms with van der Waals surface area (Å²) in [6.07, 6.45) is 2.37. The fourth-order valence-corrected chi connectivity index (χ4v) is 4.93. The van der Waals surface area contributed by atoms with Crippen LogP contribution in [0.15, 0.2) is 36.5 Å². The van der Waals surface area contributed by atoms with E-state index in [1.54, 1.807) is 25.3 Å². The number of aromatic nitrogens is 2. The molecule has 10 nitrogen and oxygen atoms in total. The number of anilines is 3. The van der Waals surface area contributed by atoms with Crippen molar-refractivity contribution in [3.05, 3.63) is 62.9 Å². The highest BCUT2D eigenvalue weighted by molar-refractivity contribution is 7.15. The van der Waals surface area contributed by atoms with Crippen molar-refractivity contribution < 1.29 is 14.1 Å². The van der Waals surface area contributed by atoms with Gasteiger partial charge in [-0.2, -0.15) is 4.98 Å². The minimum absolute atomic E-state index is 0.0590. The van der Waals surface area contributed by atoms with E-state index in [0.29, 0.717) is 42.3 Å². The van der Waals surface area contributed by atoms with E-state index < -0.39 is 5.82 Å². The van der Waals surface area contributed by atoms with Crippen molar-refractivity contribution in [1.29, 1.82) is 0 Å². The molecule has 3 aromatic rings.